The Morgan fingerprint density at radius 1 is 1.13 bits per heavy atom. The summed E-state index contributed by atoms with van der Waals surface area (Å²) in [7, 11) is -3.21. The van der Waals surface area contributed by atoms with Crippen LogP contribution in [0.4, 0.5) is 16.5 Å². The van der Waals surface area contributed by atoms with Crippen LogP contribution in [0, 0.1) is 0 Å². The largest absolute Gasteiger partial charge is 0.378 e. The smallest absolute Gasteiger partial charge is 0.275 e. The third kappa shape index (κ3) is 5.73. The number of thiazole rings is 1. The zero-order valence-electron chi connectivity index (χ0n) is 17.4. The van der Waals surface area contributed by atoms with Crippen LogP contribution in [0.1, 0.15) is 23.3 Å². The van der Waals surface area contributed by atoms with Gasteiger partial charge in [0.1, 0.15) is 5.69 Å². The average molecular weight is 466 g/mol. The van der Waals surface area contributed by atoms with E-state index in [4.69, 9.17) is 4.74 Å². The molecule has 11 heteroatoms. The van der Waals surface area contributed by atoms with Crippen molar-refractivity contribution in [2.24, 2.45) is 0 Å². The highest BCUT2D eigenvalue weighted by Gasteiger charge is 2.24. The van der Waals surface area contributed by atoms with Gasteiger partial charge in [-0.1, -0.05) is 12.1 Å². The van der Waals surface area contributed by atoms with Crippen molar-refractivity contribution in [1.29, 1.82) is 0 Å². The Kier molecular flexibility index (Phi) is 6.75. The summed E-state index contributed by atoms with van der Waals surface area (Å²) < 4.78 is 31.0. The lowest BCUT2D eigenvalue weighted by Gasteiger charge is -2.34. The van der Waals surface area contributed by atoms with Gasteiger partial charge in [0.15, 0.2) is 5.13 Å². The van der Waals surface area contributed by atoms with E-state index in [9.17, 15) is 13.2 Å². The highest BCUT2D eigenvalue weighted by atomic mass is 32.2. The molecule has 31 heavy (non-hydrogen) atoms. The number of benzene rings is 1. The lowest BCUT2D eigenvalue weighted by atomic mass is 10.0. The van der Waals surface area contributed by atoms with Gasteiger partial charge < -0.3 is 19.9 Å². The number of carbonyl (C=O) groups excluding carboxylic acids is 1. The predicted octanol–water partition coefficient (Wildman–Crippen LogP) is 1.75. The molecule has 0 bridgehead atoms. The molecule has 0 unspecified atom stereocenters. The number of anilines is 3. The Balaban J connectivity index is 1.41. The van der Waals surface area contributed by atoms with Crippen molar-refractivity contribution in [3.8, 4) is 0 Å². The number of aromatic nitrogens is 1. The number of amides is 1. The van der Waals surface area contributed by atoms with E-state index < -0.39 is 10.0 Å². The van der Waals surface area contributed by atoms with Gasteiger partial charge in [0, 0.05) is 37.6 Å². The Hall–Kier alpha value is -2.21. The quantitative estimate of drug-likeness (QED) is 0.670. The van der Waals surface area contributed by atoms with E-state index in [1.165, 1.54) is 17.6 Å². The van der Waals surface area contributed by atoms with E-state index >= 15 is 0 Å². The molecule has 2 aromatic rings. The van der Waals surface area contributed by atoms with Gasteiger partial charge >= 0.3 is 0 Å². The molecule has 2 saturated heterocycles. The Morgan fingerprint density at radius 3 is 2.55 bits per heavy atom. The number of hydrogen-bond acceptors (Lipinski definition) is 8. The van der Waals surface area contributed by atoms with E-state index in [0.717, 1.165) is 29.6 Å². The van der Waals surface area contributed by atoms with Crippen LogP contribution in [0.5, 0.6) is 0 Å². The third-order valence-corrected chi connectivity index (χ3v) is 7.04. The highest BCUT2D eigenvalue weighted by molar-refractivity contribution is 7.88. The summed E-state index contributed by atoms with van der Waals surface area (Å²) in [4.78, 5) is 21.7. The third-order valence-electron chi connectivity index (χ3n) is 5.37. The molecule has 0 aliphatic carbocycles. The van der Waals surface area contributed by atoms with Gasteiger partial charge in [-0.05, 0) is 25.0 Å². The maximum Gasteiger partial charge on any atom is 0.275 e. The first-order chi connectivity index (χ1) is 14.9. The van der Waals surface area contributed by atoms with Crippen LogP contribution >= 0.6 is 11.3 Å². The first kappa shape index (κ1) is 22.0. The fourth-order valence-electron chi connectivity index (χ4n) is 3.85. The summed E-state index contributed by atoms with van der Waals surface area (Å²) in [5, 5.41) is 5.62. The van der Waals surface area contributed by atoms with Gasteiger partial charge in [-0.15, -0.1) is 11.3 Å². The van der Waals surface area contributed by atoms with Crippen molar-refractivity contribution in [1.82, 2.24) is 9.71 Å². The number of sulfonamides is 1. The summed E-state index contributed by atoms with van der Waals surface area (Å²) >= 11 is 1.46. The second-order valence-electron chi connectivity index (χ2n) is 7.74. The van der Waals surface area contributed by atoms with E-state index in [1.54, 1.807) is 5.38 Å². The maximum absolute atomic E-state index is 12.8. The Bertz CT molecular complexity index is 1010. The Morgan fingerprint density at radius 2 is 1.84 bits per heavy atom. The molecule has 0 atom stereocenters. The summed E-state index contributed by atoms with van der Waals surface area (Å²) in [5.74, 6) is -0.239. The standard InChI is InChI=1S/C20H27N5O4S2/c1-31(27,28)23-15-6-8-24(9-7-15)18-5-3-2-4-16(18)21-19(26)17-14-30-20(22-17)25-10-12-29-13-11-25/h2-5,14-15,23H,6-13H2,1H3,(H,21,26). The van der Waals surface area contributed by atoms with Crippen LogP contribution in [0.25, 0.3) is 0 Å². The topological polar surface area (TPSA) is 104 Å². The number of piperidine rings is 1. The number of morpholine rings is 1. The fourth-order valence-corrected chi connectivity index (χ4v) is 5.55. The maximum atomic E-state index is 12.8. The van der Waals surface area contributed by atoms with Gasteiger partial charge in [0.25, 0.3) is 5.91 Å². The fraction of sp³-hybridized carbons (Fsp3) is 0.500. The van der Waals surface area contributed by atoms with E-state index in [-0.39, 0.29) is 11.9 Å². The number of carbonyl (C=O) groups is 1. The van der Waals surface area contributed by atoms with Crippen LogP contribution in [0.15, 0.2) is 29.6 Å². The molecular weight excluding hydrogens is 438 g/mol. The second kappa shape index (κ2) is 9.51. The first-order valence-electron chi connectivity index (χ1n) is 10.3. The highest BCUT2D eigenvalue weighted by Crippen LogP contribution is 2.29. The minimum Gasteiger partial charge on any atom is -0.378 e. The molecule has 1 amide bonds. The first-order valence-corrected chi connectivity index (χ1v) is 13.1. The Labute approximate surface area is 186 Å². The summed E-state index contributed by atoms with van der Waals surface area (Å²) in [6.07, 6.45) is 2.61. The van der Waals surface area contributed by atoms with Crippen LogP contribution in [-0.4, -0.2) is 71.0 Å². The molecule has 1 aromatic carbocycles. The van der Waals surface area contributed by atoms with Crippen molar-refractivity contribution >= 4 is 43.8 Å². The van der Waals surface area contributed by atoms with Gasteiger partial charge in [-0.3, -0.25) is 4.79 Å². The second-order valence-corrected chi connectivity index (χ2v) is 10.4. The zero-order valence-corrected chi connectivity index (χ0v) is 19.0. The SMILES string of the molecule is CS(=O)(=O)NC1CCN(c2ccccc2NC(=O)c2csc(N3CCOCC3)n2)CC1. The van der Waals surface area contributed by atoms with Crippen LogP contribution in [-0.2, 0) is 14.8 Å². The molecule has 4 rings (SSSR count). The van der Waals surface area contributed by atoms with Crippen LogP contribution < -0.4 is 19.8 Å². The lowest BCUT2D eigenvalue weighted by molar-refractivity contribution is 0.102. The van der Waals surface area contributed by atoms with Crippen LogP contribution in [0.3, 0.4) is 0 Å². The summed E-state index contributed by atoms with van der Waals surface area (Å²) in [5.41, 5.74) is 2.05. The van der Waals surface area contributed by atoms with Crippen molar-refractivity contribution in [2.75, 3.05) is 60.8 Å². The van der Waals surface area contributed by atoms with E-state index in [0.29, 0.717) is 44.8 Å². The predicted molar refractivity (Wildman–Crippen MR) is 123 cm³/mol. The van der Waals surface area contributed by atoms with Gasteiger partial charge in [-0.2, -0.15) is 0 Å². The van der Waals surface area contributed by atoms with Crippen molar-refractivity contribution < 1.29 is 17.9 Å². The number of ether oxygens (including phenoxy) is 1. The monoisotopic (exact) mass is 465 g/mol. The zero-order chi connectivity index (χ0) is 21.8. The molecule has 0 spiro atoms. The van der Waals surface area contributed by atoms with Gasteiger partial charge in [-0.25, -0.2) is 18.1 Å². The number of nitrogens with zero attached hydrogens (tertiary/aromatic N) is 3. The van der Waals surface area contributed by atoms with Gasteiger partial charge in [0.2, 0.25) is 10.0 Å². The molecule has 0 radical (unpaired) electrons. The van der Waals surface area contributed by atoms with Crippen molar-refractivity contribution in [3.63, 3.8) is 0 Å². The minimum absolute atomic E-state index is 0.0541. The van der Waals surface area contributed by atoms with Crippen LogP contribution in [0.2, 0.25) is 0 Å². The average Bonchev–Trinajstić information content (AvgIpc) is 3.25. The van der Waals surface area contributed by atoms with Gasteiger partial charge in [0.05, 0.1) is 30.8 Å². The number of nitrogens with one attached hydrogen (secondary N) is 2. The number of para-hydroxylation sites is 2. The molecule has 9 nitrogen and oxygen atoms in total. The molecule has 0 saturated carbocycles. The molecule has 2 N–H and O–H groups in total. The van der Waals surface area contributed by atoms with Crippen molar-refractivity contribution in [2.45, 2.75) is 18.9 Å². The normalized spacial score (nSPS) is 18.2. The van der Waals surface area contributed by atoms with E-state index in [2.05, 4.69) is 24.8 Å². The molecule has 168 valence electrons. The van der Waals surface area contributed by atoms with E-state index in [1.807, 2.05) is 24.3 Å². The number of rotatable bonds is 6. The molecular formula is C20H27N5O4S2. The summed E-state index contributed by atoms with van der Waals surface area (Å²) in [6, 6.07) is 7.62. The molecule has 2 aliphatic rings. The number of hydrogen-bond donors (Lipinski definition) is 2. The van der Waals surface area contributed by atoms with Crippen molar-refractivity contribution in [3.05, 3.63) is 35.3 Å². The molecule has 2 aliphatic heterocycles. The molecule has 3 heterocycles. The lowest BCUT2D eigenvalue weighted by Crippen LogP contribution is -2.44. The molecule has 1 aromatic heterocycles. The molecule has 2 fully saturated rings. The summed E-state index contributed by atoms with van der Waals surface area (Å²) in [6.45, 7) is 4.31. The minimum atomic E-state index is -3.21.